The van der Waals surface area contributed by atoms with Crippen LogP contribution in [0.1, 0.15) is 18.1 Å². The number of carbonyl (C=O) groups is 1. The lowest BCUT2D eigenvalue weighted by Gasteiger charge is -2.10. The fourth-order valence-electron chi connectivity index (χ4n) is 1.65. The van der Waals surface area contributed by atoms with Crippen molar-refractivity contribution in [2.75, 3.05) is 0 Å². The zero-order valence-electron chi connectivity index (χ0n) is 10.1. The smallest absolute Gasteiger partial charge is 0.314 e. The summed E-state index contributed by atoms with van der Waals surface area (Å²) in [6.45, 7) is 0. The lowest BCUT2D eigenvalue weighted by molar-refractivity contribution is -0.136. The molecule has 3 nitrogen and oxygen atoms in total. The van der Waals surface area contributed by atoms with Crippen LogP contribution in [0.4, 0.5) is 0 Å². The Morgan fingerprint density at radius 2 is 1.89 bits per heavy atom. The van der Waals surface area contributed by atoms with Crippen LogP contribution in [-0.2, 0) is 4.79 Å². The zero-order valence-corrected chi connectivity index (χ0v) is 10.9. The maximum atomic E-state index is 11.7. The van der Waals surface area contributed by atoms with Gasteiger partial charge in [0.15, 0.2) is 0 Å². The van der Waals surface area contributed by atoms with Crippen LogP contribution < -0.4 is 4.74 Å². The van der Waals surface area contributed by atoms with E-state index in [0.29, 0.717) is 16.3 Å². The van der Waals surface area contributed by atoms with Crippen molar-refractivity contribution in [1.82, 2.24) is 0 Å². The van der Waals surface area contributed by atoms with Gasteiger partial charge in [0.2, 0.25) is 0 Å². The van der Waals surface area contributed by atoms with Crippen LogP contribution in [0.15, 0.2) is 54.6 Å². The van der Waals surface area contributed by atoms with Gasteiger partial charge in [-0.15, -0.1) is 0 Å². The molecule has 2 aromatic carbocycles. The molecule has 4 heteroatoms. The molecule has 0 unspecified atom stereocenters. The predicted molar refractivity (Wildman–Crippen MR) is 73.1 cm³/mol. The second kappa shape index (κ2) is 6.36. The second-order valence-electron chi connectivity index (χ2n) is 4.06. The number of hydrogen-bond donors (Lipinski definition) is 1. The van der Waals surface area contributed by atoms with Gasteiger partial charge in [-0.25, -0.2) is 0 Å². The number of para-hydroxylation sites is 1. The number of aliphatic hydroxyl groups excluding tert-OH is 1. The molecule has 2 rings (SSSR count). The summed E-state index contributed by atoms with van der Waals surface area (Å²) in [6, 6.07) is 15.5. The molecule has 19 heavy (non-hydrogen) atoms. The predicted octanol–water partition coefficient (Wildman–Crippen LogP) is 3.37. The van der Waals surface area contributed by atoms with Crippen molar-refractivity contribution in [3.05, 3.63) is 65.2 Å². The van der Waals surface area contributed by atoms with Gasteiger partial charge >= 0.3 is 5.97 Å². The average molecular weight is 277 g/mol. The number of carbonyl (C=O) groups excluding carboxylic acids is 1. The monoisotopic (exact) mass is 276 g/mol. The minimum atomic E-state index is -0.921. The fourth-order valence-corrected chi connectivity index (χ4v) is 1.85. The lowest BCUT2D eigenvalue weighted by Crippen LogP contribution is -2.12. The Labute approximate surface area is 116 Å². The summed E-state index contributed by atoms with van der Waals surface area (Å²) in [5.41, 5.74) is 0.595. The van der Waals surface area contributed by atoms with Crippen molar-refractivity contribution in [3.63, 3.8) is 0 Å². The van der Waals surface area contributed by atoms with Crippen LogP contribution in [-0.4, -0.2) is 11.1 Å². The summed E-state index contributed by atoms with van der Waals surface area (Å²) in [4.78, 5) is 11.7. The van der Waals surface area contributed by atoms with Crippen molar-refractivity contribution in [1.29, 1.82) is 0 Å². The van der Waals surface area contributed by atoms with Crippen molar-refractivity contribution in [3.8, 4) is 5.75 Å². The Kier molecular flexibility index (Phi) is 4.55. The van der Waals surface area contributed by atoms with E-state index in [-0.39, 0.29) is 6.42 Å². The molecule has 2 aromatic rings. The molecule has 0 bridgehead atoms. The Morgan fingerprint density at radius 1 is 1.16 bits per heavy atom. The van der Waals surface area contributed by atoms with Gasteiger partial charge in [0.25, 0.3) is 0 Å². The largest absolute Gasteiger partial charge is 0.426 e. The summed E-state index contributed by atoms with van der Waals surface area (Å²) in [5, 5.41) is 10.5. The van der Waals surface area contributed by atoms with Gasteiger partial charge in [0, 0.05) is 5.02 Å². The molecule has 1 N–H and O–H groups in total. The molecule has 0 saturated carbocycles. The molecule has 0 spiro atoms. The lowest BCUT2D eigenvalue weighted by atomic mass is 10.1. The van der Waals surface area contributed by atoms with E-state index in [2.05, 4.69) is 0 Å². The van der Waals surface area contributed by atoms with Gasteiger partial charge in [-0.05, 0) is 29.8 Å². The highest BCUT2D eigenvalue weighted by Gasteiger charge is 2.15. The number of hydrogen-bond acceptors (Lipinski definition) is 3. The SMILES string of the molecule is O=C(C[C@@H](O)c1cccc(Cl)c1)Oc1ccccc1. The van der Waals surface area contributed by atoms with Gasteiger partial charge in [-0.2, -0.15) is 0 Å². The molecule has 0 heterocycles. The molecule has 0 aliphatic rings. The van der Waals surface area contributed by atoms with E-state index < -0.39 is 12.1 Å². The number of ether oxygens (including phenoxy) is 1. The molecule has 1 atom stereocenters. The Balaban J connectivity index is 1.95. The van der Waals surface area contributed by atoms with E-state index in [4.69, 9.17) is 16.3 Å². The molecule has 0 aromatic heterocycles. The first-order valence-electron chi connectivity index (χ1n) is 5.84. The quantitative estimate of drug-likeness (QED) is 0.688. The van der Waals surface area contributed by atoms with E-state index in [9.17, 15) is 9.90 Å². The van der Waals surface area contributed by atoms with Crippen molar-refractivity contribution < 1.29 is 14.6 Å². The fraction of sp³-hybridized carbons (Fsp3) is 0.133. The van der Waals surface area contributed by atoms with E-state index in [1.807, 2.05) is 6.07 Å². The number of halogens is 1. The second-order valence-corrected chi connectivity index (χ2v) is 4.50. The normalized spacial score (nSPS) is 11.9. The number of esters is 1. The van der Waals surface area contributed by atoms with Gasteiger partial charge in [-0.3, -0.25) is 4.79 Å². The summed E-state index contributed by atoms with van der Waals surface area (Å²) in [7, 11) is 0. The van der Waals surface area contributed by atoms with Crippen molar-refractivity contribution >= 4 is 17.6 Å². The first kappa shape index (κ1) is 13.6. The minimum absolute atomic E-state index is 0.116. The van der Waals surface area contributed by atoms with Crippen LogP contribution in [0.5, 0.6) is 5.75 Å². The summed E-state index contributed by atoms with van der Waals surface area (Å²) in [5.74, 6) is -0.0236. The van der Waals surface area contributed by atoms with Crippen molar-refractivity contribution in [2.45, 2.75) is 12.5 Å². The van der Waals surface area contributed by atoms with E-state index >= 15 is 0 Å². The van der Waals surface area contributed by atoms with Gasteiger partial charge in [0.1, 0.15) is 5.75 Å². The van der Waals surface area contributed by atoms with Gasteiger partial charge < -0.3 is 9.84 Å². The zero-order chi connectivity index (χ0) is 13.7. The van der Waals surface area contributed by atoms with Gasteiger partial charge in [0.05, 0.1) is 12.5 Å². The van der Waals surface area contributed by atoms with Crippen LogP contribution >= 0.6 is 11.6 Å². The Hall–Kier alpha value is -1.84. The average Bonchev–Trinajstić information content (AvgIpc) is 2.39. The molecular weight excluding hydrogens is 264 g/mol. The topological polar surface area (TPSA) is 46.5 Å². The first-order chi connectivity index (χ1) is 9.15. The third kappa shape index (κ3) is 4.09. The highest BCUT2D eigenvalue weighted by molar-refractivity contribution is 6.30. The van der Waals surface area contributed by atoms with Crippen molar-refractivity contribution in [2.24, 2.45) is 0 Å². The molecule has 0 saturated heterocycles. The summed E-state index contributed by atoms with van der Waals surface area (Å²) in [6.07, 6.45) is -1.04. The van der Waals surface area contributed by atoms with Crippen LogP contribution in [0.3, 0.4) is 0 Å². The third-order valence-electron chi connectivity index (χ3n) is 2.57. The van der Waals surface area contributed by atoms with E-state index in [1.165, 1.54) is 0 Å². The minimum Gasteiger partial charge on any atom is -0.426 e. The maximum absolute atomic E-state index is 11.7. The van der Waals surface area contributed by atoms with Crippen LogP contribution in [0.2, 0.25) is 5.02 Å². The molecule has 98 valence electrons. The molecule has 0 aliphatic heterocycles. The highest BCUT2D eigenvalue weighted by Crippen LogP contribution is 2.21. The van der Waals surface area contributed by atoms with E-state index in [0.717, 1.165) is 0 Å². The summed E-state index contributed by atoms with van der Waals surface area (Å²) < 4.78 is 5.10. The molecule has 0 amide bonds. The number of rotatable bonds is 4. The highest BCUT2D eigenvalue weighted by atomic mass is 35.5. The molecule has 0 radical (unpaired) electrons. The Morgan fingerprint density at radius 3 is 2.58 bits per heavy atom. The first-order valence-corrected chi connectivity index (χ1v) is 6.22. The number of aliphatic hydroxyl groups is 1. The molecule has 0 aliphatic carbocycles. The number of benzene rings is 2. The van der Waals surface area contributed by atoms with Crippen LogP contribution in [0.25, 0.3) is 0 Å². The standard InChI is InChI=1S/C15H13ClO3/c16-12-6-4-5-11(9-12)14(17)10-15(18)19-13-7-2-1-3-8-13/h1-9,14,17H,10H2/t14-/m1/s1. The van der Waals surface area contributed by atoms with E-state index in [1.54, 1.807) is 48.5 Å². The third-order valence-corrected chi connectivity index (χ3v) is 2.80. The van der Waals surface area contributed by atoms with Gasteiger partial charge in [-0.1, -0.05) is 41.9 Å². The Bertz CT molecular complexity index is 554. The maximum Gasteiger partial charge on any atom is 0.314 e. The molecule has 0 fully saturated rings. The summed E-state index contributed by atoms with van der Waals surface area (Å²) >= 11 is 5.83. The van der Waals surface area contributed by atoms with Crippen LogP contribution in [0, 0.1) is 0 Å². The molecular formula is C15H13ClO3.